The van der Waals surface area contributed by atoms with Crippen LogP contribution >= 0.6 is 22.6 Å². The van der Waals surface area contributed by atoms with Gasteiger partial charge in [0.15, 0.2) is 0 Å². The summed E-state index contributed by atoms with van der Waals surface area (Å²) in [4.78, 5) is 12.3. The summed E-state index contributed by atoms with van der Waals surface area (Å²) in [6.45, 7) is 1.32. The third-order valence-corrected chi connectivity index (χ3v) is 1.86. The van der Waals surface area contributed by atoms with Crippen molar-refractivity contribution in [3.8, 4) is 0 Å². The number of hydrogen-bond donors (Lipinski definition) is 1. The summed E-state index contributed by atoms with van der Waals surface area (Å²) in [5, 5.41) is 0. The van der Waals surface area contributed by atoms with Gasteiger partial charge in [0.25, 0.3) is 0 Å². The number of alkyl halides is 1. The van der Waals surface area contributed by atoms with Crippen molar-refractivity contribution in [1.29, 1.82) is 0 Å². The zero-order valence-corrected chi connectivity index (χ0v) is 8.30. The first-order chi connectivity index (χ1) is 4.66. The Morgan fingerprint density at radius 3 is 2.70 bits per heavy atom. The van der Waals surface area contributed by atoms with Gasteiger partial charge in [-0.15, -0.1) is 0 Å². The highest BCUT2D eigenvalue weighted by Gasteiger charge is 1.99. The Bertz CT molecular complexity index is 108. The van der Waals surface area contributed by atoms with Crippen molar-refractivity contribution in [2.45, 2.75) is 6.42 Å². The lowest BCUT2D eigenvalue weighted by atomic mass is 10.4. The fraction of sp³-hybridized carbons (Fsp3) is 0.833. The van der Waals surface area contributed by atoms with Crippen LogP contribution < -0.4 is 5.73 Å². The molecule has 0 aromatic rings. The van der Waals surface area contributed by atoms with Gasteiger partial charge in [0.2, 0.25) is 5.91 Å². The maximum Gasteiger partial charge on any atom is 0.231 e. The smallest absolute Gasteiger partial charge is 0.231 e. The van der Waals surface area contributed by atoms with Crippen molar-refractivity contribution in [1.82, 2.24) is 4.90 Å². The second-order valence-electron chi connectivity index (χ2n) is 2.25. The lowest BCUT2D eigenvalue weighted by Gasteiger charge is -2.12. The molecule has 0 fully saturated rings. The van der Waals surface area contributed by atoms with E-state index in [0.717, 1.165) is 17.4 Å². The van der Waals surface area contributed by atoms with Gasteiger partial charge in [0.1, 0.15) is 0 Å². The molecule has 0 aliphatic carbocycles. The van der Waals surface area contributed by atoms with Crippen LogP contribution in [0.3, 0.4) is 0 Å². The van der Waals surface area contributed by atoms with Gasteiger partial charge in [-0.25, -0.2) is 0 Å². The van der Waals surface area contributed by atoms with Crippen molar-refractivity contribution in [3.63, 3.8) is 0 Å². The molecular weight excluding hydrogens is 243 g/mol. The molecule has 2 N–H and O–H groups in total. The van der Waals surface area contributed by atoms with E-state index < -0.39 is 0 Å². The zero-order valence-electron chi connectivity index (χ0n) is 6.14. The van der Waals surface area contributed by atoms with E-state index in [1.807, 2.05) is 11.9 Å². The molecule has 4 heteroatoms. The molecule has 0 aliphatic heterocycles. The highest BCUT2D eigenvalue weighted by Crippen LogP contribution is 1.90. The molecule has 0 spiro atoms. The summed E-state index contributed by atoms with van der Waals surface area (Å²) in [5.74, 6) is -0.254. The molecule has 0 aromatic carbocycles. The van der Waals surface area contributed by atoms with Crippen LogP contribution in [-0.4, -0.2) is 35.4 Å². The average Bonchev–Trinajstić information content (AvgIpc) is 1.82. The van der Waals surface area contributed by atoms with E-state index in [9.17, 15) is 4.79 Å². The van der Waals surface area contributed by atoms with E-state index >= 15 is 0 Å². The summed E-state index contributed by atoms with van der Waals surface area (Å²) < 4.78 is 1.13. The van der Waals surface area contributed by atoms with Gasteiger partial charge in [-0.1, -0.05) is 22.6 Å². The van der Waals surface area contributed by atoms with Crippen LogP contribution in [0, 0.1) is 0 Å². The molecule has 0 unspecified atom stereocenters. The number of halogens is 1. The van der Waals surface area contributed by atoms with Crippen molar-refractivity contribution in [3.05, 3.63) is 0 Å². The second-order valence-corrected chi connectivity index (χ2v) is 3.33. The molecule has 1 amide bonds. The van der Waals surface area contributed by atoms with E-state index in [1.54, 1.807) is 0 Å². The number of nitrogens with two attached hydrogens (primary N) is 1. The number of carbonyl (C=O) groups excluding carboxylic acids is 1. The molecule has 0 heterocycles. The number of primary amides is 1. The molecule has 3 nitrogen and oxygen atoms in total. The molecular formula is C6H13IN2O. The Kier molecular flexibility index (Phi) is 6.00. The summed E-state index contributed by atoms with van der Waals surface area (Å²) in [7, 11) is 1.90. The minimum atomic E-state index is -0.254. The van der Waals surface area contributed by atoms with Gasteiger partial charge in [-0.2, -0.15) is 0 Å². The Labute approximate surface area is 75.1 Å². The van der Waals surface area contributed by atoms with Crippen molar-refractivity contribution < 1.29 is 4.79 Å². The number of carbonyl (C=O) groups is 1. The van der Waals surface area contributed by atoms with Gasteiger partial charge in [-0.3, -0.25) is 9.69 Å². The molecule has 0 aliphatic rings. The van der Waals surface area contributed by atoms with Gasteiger partial charge in [-0.05, 0) is 20.0 Å². The van der Waals surface area contributed by atoms with Crippen molar-refractivity contribution in [2.75, 3.05) is 24.6 Å². The van der Waals surface area contributed by atoms with Gasteiger partial charge in [0, 0.05) is 4.43 Å². The third kappa shape index (κ3) is 6.28. The van der Waals surface area contributed by atoms with E-state index in [4.69, 9.17) is 5.73 Å². The van der Waals surface area contributed by atoms with Crippen LogP contribution in [0.15, 0.2) is 0 Å². The number of rotatable bonds is 5. The third-order valence-electron chi connectivity index (χ3n) is 1.10. The second kappa shape index (κ2) is 5.91. The minimum Gasteiger partial charge on any atom is -0.369 e. The number of nitrogens with zero attached hydrogens (tertiary/aromatic N) is 1. The topological polar surface area (TPSA) is 46.3 Å². The maximum atomic E-state index is 10.4. The predicted molar refractivity (Wildman–Crippen MR) is 50.2 cm³/mol. The van der Waals surface area contributed by atoms with Crippen LogP contribution in [0.25, 0.3) is 0 Å². The van der Waals surface area contributed by atoms with Crippen LogP contribution in [-0.2, 0) is 4.79 Å². The van der Waals surface area contributed by atoms with Crippen LogP contribution in [0.1, 0.15) is 6.42 Å². The van der Waals surface area contributed by atoms with Gasteiger partial charge in [0.05, 0.1) is 6.54 Å². The first kappa shape index (κ1) is 10.2. The molecule has 10 heavy (non-hydrogen) atoms. The summed E-state index contributed by atoms with van der Waals surface area (Å²) in [6.07, 6.45) is 1.12. The van der Waals surface area contributed by atoms with Crippen molar-refractivity contribution >= 4 is 28.5 Å². The molecule has 0 saturated heterocycles. The van der Waals surface area contributed by atoms with Crippen LogP contribution in [0.2, 0.25) is 0 Å². The molecule has 0 aromatic heterocycles. The number of likely N-dealkylation sites (N-methyl/N-ethyl adjacent to an activating group) is 1. The minimum absolute atomic E-state index is 0.254. The lowest BCUT2D eigenvalue weighted by molar-refractivity contribution is -0.118. The fourth-order valence-corrected chi connectivity index (χ4v) is 1.02. The Morgan fingerprint density at radius 1 is 1.70 bits per heavy atom. The number of amides is 1. The van der Waals surface area contributed by atoms with Crippen molar-refractivity contribution in [2.24, 2.45) is 5.73 Å². The fourth-order valence-electron chi connectivity index (χ4n) is 0.675. The lowest BCUT2D eigenvalue weighted by Crippen LogP contribution is -2.31. The highest BCUT2D eigenvalue weighted by molar-refractivity contribution is 14.1. The molecule has 0 radical (unpaired) electrons. The van der Waals surface area contributed by atoms with E-state index in [0.29, 0.717) is 6.54 Å². The predicted octanol–water partition coefficient (Wildman–Crippen LogP) is 0.229. The molecule has 0 bridgehead atoms. The summed E-state index contributed by atoms with van der Waals surface area (Å²) in [5.41, 5.74) is 4.98. The van der Waals surface area contributed by atoms with Gasteiger partial charge >= 0.3 is 0 Å². The summed E-state index contributed by atoms with van der Waals surface area (Å²) >= 11 is 2.31. The van der Waals surface area contributed by atoms with E-state index in [2.05, 4.69) is 22.6 Å². The van der Waals surface area contributed by atoms with E-state index in [-0.39, 0.29) is 5.91 Å². The Hall–Kier alpha value is 0.160. The van der Waals surface area contributed by atoms with Crippen LogP contribution in [0.5, 0.6) is 0 Å². The Morgan fingerprint density at radius 2 is 2.30 bits per heavy atom. The first-order valence-corrected chi connectivity index (χ1v) is 4.72. The van der Waals surface area contributed by atoms with Gasteiger partial charge < -0.3 is 5.73 Å². The zero-order chi connectivity index (χ0) is 7.98. The van der Waals surface area contributed by atoms with Crippen LogP contribution in [0.4, 0.5) is 0 Å². The summed E-state index contributed by atoms with van der Waals surface area (Å²) in [6, 6.07) is 0. The maximum absolute atomic E-state index is 10.4. The largest absolute Gasteiger partial charge is 0.369 e. The monoisotopic (exact) mass is 256 g/mol. The number of hydrogen-bond acceptors (Lipinski definition) is 2. The SMILES string of the molecule is CN(CCCI)CC(N)=O. The normalized spacial score (nSPS) is 10.3. The molecule has 0 rings (SSSR count). The average molecular weight is 256 g/mol. The quantitative estimate of drug-likeness (QED) is 0.565. The Balaban J connectivity index is 3.25. The van der Waals surface area contributed by atoms with E-state index in [1.165, 1.54) is 0 Å². The molecule has 0 saturated carbocycles. The standard InChI is InChI=1S/C6H13IN2O/c1-9(4-2-3-7)5-6(8)10/h2-5H2,1H3,(H2,8,10). The molecule has 60 valence electrons. The first-order valence-electron chi connectivity index (χ1n) is 3.19. The molecule has 0 atom stereocenters. The highest BCUT2D eigenvalue weighted by atomic mass is 127.